The molecule has 2 aliphatic rings. The first-order chi connectivity index (χ1) is 30.2. The highest BCUT2D eigenvalue weighted by Gasteiger charge is 2.55. The molecule has 5 atom stereocenters. The highest BCUT2D eigenvalue weighted by atomic mass is 31.2. The standard InChI is InChI=1S/C47H50N7O7P/c1-30(2)54(31(3)4)62(58-27-13-26-48)61-38-28-39-53-44-40(43(49-29-50-44)52-46(55)32-14-9-7-10-15-32)51-45(53)42(41(38)59-39)60-47(33-16-11-8-12-17-33,34-18-22-36(56-5)23-19-34)35-20-24-37(57-6)25-21-35/h7-12,14-25,29-31,38-39,41-42H,13,27-28H2,1-6H3,(H,49,50,52,55)/t38-,39+,41+,42+,62?/m0/s1. The molecule has 2 bridgehead atoms. The van der Waals surface area contributed by atoms with Crippen molar-refractivity contribution in [2.75, 3.05) is 26.1 Å². The summed E-state index contributed by atoms with van der Waals surface area (Å²) in [4.78, 5) is 28.0. The minimum absolute atomic E-state index is 0.0772. The number of amides is 1. The number of ether oxygens (including phenoxy) is 4. The number of aromatic nitrogens is 4. The van der Waals surface area contributed by atoms with Gasteiger partial charge < -0.3 is 33.3 Å². The van der Waals surface area contributed by atoms with Crippen molar-refractivity contribution in [3.05, 3.63) is 144 Å². The van der Waals surface area contributed by atoms with E-state index in [0.717, 1.165) is 16.7 Å². The van der Waals surface area contributed by atoms with Gasteiger partial charge >= 0.3 is 0 Å². The van der Waals surface area contributed by atoms with Crippen molar-refractivity contribution in [1.82, 2.24) is 24.2 Å². The van der Waals surface area contributed by atoms with Gasteiger partial charge in [-0.05, 0) is 80.8 Å². The summed E-state index contributed by atoms with van der Waals surface area (Å²) in [6.07, 6.45) is -0.674. The molecule has 4 heterocycles. The molecule has 0 saturated carbocycles. The van der Waals surface area contributed by atoms with Crippen LogP contribution in [0.5, 0.6) is 11.5 Å². The normalized spacial score (nSPS) is 18.8. The third-order valence-electron chi connectivity index (χ3n) is 11.1. The van der Waals surface area contributed by atoms with Crippen LogP contribution in [0, 0.1) is 11.3 Å². The maximum atomic E-state index is 13.5. The molecule has 0 aliphatic carbocycles. The van der Waals surface area contributed by atoms with Crippen LogP contribution in [-0.4, -0.2) is 75.2 Å². The predicted octanol–water partition coefficient (Wildman–Crippen LogP) is 9.11. The Balaban J connectivity index is 1.32. The Bertz CT molecular complexity index is 2440. The molecule has 2 aliphatic heterocycles. The zero-order valence-electron chi connectivity index (χ0n) is 35.5. The highest BCUT2D eigenvalue weighted by Crippen LogP contribution is 2.56. The molecule has 1 N–H and O–H groups in total. The van der Waals surface area contributed by atoms with Crippen LogP contribution in [-0.2, 0) is 24.1 Å². The Kier molecular flexibility index (Phi) is 12.9. The lowest BCUT2D eigenvalue weighted by molar-refractivity contribution is -0.166. The molecule has 1 saturated heterocycles. The molecule has 0 spiro atoms. The number of hydrogen-bond acceptors (Lipinski definition) is 12. The molecular formula is C47H50N7O7P. The third kappa shape index (κ3) is 8.28. The molecule has 62 heavy (non-hydrogen) atoms. The number of carbonyl (C=O) groups excluding carboxylic acids is 1. The number of methoxy groups -OCH3 is 2. The molecular weight excluding hydrogens is 806 g/mol. The topological polar surface area (TPSA) is 155 Å². The first kappa shape index (κ1) is 42.9. The molecule has 2 aromatic heterocycles. The van der Waals surface area contributed by atoms with Crippen LogP contribution in [0.1, 0.15) is 85.7 Å². The van der Waals surface area contributed by atoms with Crippen LogP contribution in [0.25, 0.3) is 11.2 Å². The number of nitriles is 1. The van der Waals surface area contributed by atoms with Crippen molar-refractivity contribution < 1.29 is 32.8 Å². The van der Waals surface area contributed by atoms with E-state index in [-0.39, 0.29) is 36.8 Å². The summed E-state index contributed by atoms with van der Waals surface area (Å²) >= 11 is 0. The van der Waals surface area contributed by atoms with E-state index in [1.165, 1.54) is 6.33 Å². The molecule has 4 aromatic carbocycles. The molecule has 14 nitrogen and oxygen atoms in total. The molecule has 1 unspecified atom stereocenters. The van der Waals surface area contributed by atoms with Crippen LogP contribution in [0.2, 0.25) is 0 Å². The number of hydrogen-bond donors (Lipinski definition) is 1. The van der Waals surface area contributed by atoms with E-state index in [9.17, 15) is 10.1 Å². The van der Waals surface area contributed by atoms with E-state index in [1.807, 2.05) is 89.5 Å². The number of nitrogens with one attached hydrogen (secondary N) is 1. The minimum atomic E-state index is -1.66. The van der Waals surface area contributed by atoms with Gasteiger partial charge in [-0.3, -0.25) is 9.36 Å². The van der Waals surface area contributed by atoms with Crippen LogP contribution >= 0.6 is 8.53 Å². The van der Waals surface area contributed by atoms with E-state index < -0.39 is 38.7 Å². The number of imidazole rings is 1. The fourth-order valence-electron chi connectivity index (χ4n) is 8.36. The number of benzene rings is 4. The Morgan fingerprint density at radius 3 is 2.06 bits per heavy atom. The second-order valence-electron chi connectivity index (χ2n) is 15.6. The van der Waals surface area contributed by atoms with Gasteiger partial charge in [-0.2, -0.15) is 5.26 Å². The van der Waals surface area contributed by atoms with Gasteiger partial charge in [-0.1, -0.05) is 72.8 Å². The monoisotopic (exact) mass is 855 g/mol. The first-order valence-corrected chi connectivity index (χ1v) is 21.8. The van der Waals surface area contributed by atoms with Gasteiger partial charge in [0.25, 0.3) is 14.4 Å². The average Bonchev–Trinajstić information content (AvgIpc) is 3.87. The van der Waals surface area contributed by atoms with E-state index in [4.69, 9.17) is 38.0 Å². The van der Waals surface area contributed by atoms with Crippen LogP contribution in [0.3, 0.4) is 0 Å². The molecule has 1 amide bonds. The van der Waals surface area contributed by atoms with Gasteiger partial charge in [0.1, 0.15) is 47.7 Å². The summed E-state index contributed by atoms with van der Waals surface area (Å²) in [5.74, 6) is 1.83. The van der Waals surface area contributed by atoms with Crippen molar-refractivity contribution in [2.45, 2.75) is 82.8 Å². The number of rotatable bonds is 17. The van der Waals surface area contributed by atoms with E-state index in [0.29, 0.717) is 40.5 Å². The summed E-state index contributed by atoms with van der Waals surface area (Å²) < 4.78 is 43.8. The summed E-state index contributed by atoms with van der Waals surface area (Å²) in [6, 6.07) is 37.0. The molecule has 15 heteroatoms. The maximum absolute atomic E-state index is 13.5. The maximum Gasteiger partial charge on any atom is 0.259 e. The zero-order chi connectivity index (χ0) is 43.4. The van der Waals surface area contributed by atoms with Crippen molar-refractivity contribution in [3.63, 3.8) is 0 Å². The zero-order valence-corrected chi connectivity index (χ0v) is 36.4. The largest absolute Gasteiger partial charge is 0.497 e. The second kappa shape index (κ2) is 18.7. The summed E-state index contributed by atoms with van der Waals surface area (Å²) in [5, 5.41) is 12.4. The van der Waals surface area contributed by atoms with Crippen LogP contribution in [0.15, 0.2) is 116 Å². The lowest BCUT2D eigenvalue weighted by atomic mass is 9.79. The Labute approximate surface area is 362 Å². The van der Waals surface area contributed by atoms with Gasteiger partial charge in [0.2, 0.25) is 0 Å². The number of carbonyl (C=O) groups is 1. The SMILES string of the molecule is COc1ccc(C(O[C@H]2c3nc4c(NC(=O)c5ccccc5)ncnc4n3[C@H]3C[C@H](OP(OCCC#N)N(C(C)C)C(C)C)[C@H]2O3)(c2ccccc2)c2ccc(OC)cc2)cc1. The summed E-state index contributed by atoms with van der Waals surface area (Å²) in [7, 11) is 1.61. The Hall–Kier alpha value is -5.78. The predicted molar refractivity (Wildman–Crippen MR) is 234 cm³/mol. The van der Waals surface area contributed by atoms with Gasteiger partial charge in [-0.15, -0.1) is 0 Å². The van der Waals surface area contributed by atoms with Gasteiger partial charge in [0.15, 0.2) is 17.0 Å². The third-order valence-corrected chi connectivity index (χ3v) is 13.2. The average molecular weight is 856 g/mol. The number of nitrogens with zero attached hydrogens (tertiary/aromatic N) is 6. The Morgan fingerprint density at radius 1 is 0.887 bits per heavy atom. The van der Waals surface area contributed by atoms with Crippen molar-refractivity contribution >= 4 is 31.4 Å². The summed E-state index contributed by atoms with van der Waals surface area (Å²) in [6.45, 7) is 8.64. The van der Waals surface area contributed by atoms with Crippen molar-refractivity contribution in [1.29, 1.82) is 5.26 Å². The molecule has 320 valence electrons. The quantitative estimate of drug-likeness (QED) is 0.0529. The molecule has 0 radical (unpaired) electrons. The number of anilines is 1. The second-order valence-corrected chi connectivity index (χ2v) is 17.0. The lowest BCUT2D eigenvalue weighted by Crippen LogP contribution is -2.43. The van der Waals surface area contributed by atoms with Crippen molar-refractivity contribution in [2.24, 2.45) is 0 Å². The van der Waals surface area contributed by atoms with E-state index in [2.05, 4.69) is 48.7 Å². The summed E-state index contributed by atoms with van der Waals surface area (Å²) in [5.41, 5.74) is 2.54. The highest BCUT2D eigenvalue weighted by molar-refractivity contribution is 7.44. The van der Waals surface area contributed by atoms with Crippen LogP contribution in [0.4, 0.5) is 5.82 Å². The van der Waals surface area contributed by atoms with E-state index in [1.54, 1.807) is 38.5 Å². The molecule has 1 fully saturated rings. The molecule has 6 aromatic rings. The van der Waals surface area contributed by atoms with Crippen molar-refractivity contribution in [3.8, 4) is 17.6 Å². The first-order valence-electron chi connectivity index (χ1n) is 20.7. The van der Waals surface area contributed by atoms with Gasteiger partial charge in [0.05, 0.1) is 39.4 Å². The van der Waals surface area contributed by atoms with Crippen LogP contribution < -0.4 is 14.8 Å². The van der Waals surface area contributed by atoms with E-state index >= 15 is 0 Å². The Morgan fingerprint density at radius 2 is 1.48 bits per heavy atom. The fraction of sp³-hybridized carbons (Fsp3) is 0.340. The van der Waals surface area contributed by atoms with Gasteiger partial charge in [0, 0.05) is 24.1 Å². The van der Waals surface area contributed by atoms with Gasteiger partial charge in [-0.25, -0.2) is 19.6 Å². The lowest BCUT2D eigenvalue weighted by Gasteiger charge is -2.42. The smallest absolute Gasteiger partial charge is 0.259 e. The number of fused-ring (bicyclic) bond motifs is 6. The molecule has 8 rings (SSSR count). The fourth-order valence-corrected chi connectivity index (χ4v) is 10.1. The minimum Gasteiger partial charge on any atom is -0.497 e.